The number of nitrogens with zero attached hydrogens (tertiary/aromatic N) is 2. The molecule has 2 aromatic rings. The molecule has 0 aliphatic carbocycles. The van der Waals surface area contributed by atoms with E-state index < -0.39 is 0 Å². The summed E-state index contributed by atoms with van der Waals surface area (Å²) in [5, 5.41) is 3.46. The first-order valence-corrected chi connectivity index (χ1v) is 6.68. The number of hydrogen-bond acceptors (Lipinski definition) is 4. The molecule has 5 nitrogen and oxygen atoms in total. The number of imidazole rings is 1. The molecule has 1 aliphatic rings. The number of aromatic nitrogens is 2. The highest BCUT2D eigenvalue weighted by Gasteiger charge is 2.22. The molecule has 102 valence electrons. The number of nitrogens with one attached hydrogen (secondary N) is 1. The first kappa shape index (κ1) is 12.4. The Morgan fingerprint density at radius 3 is 3.11 bits per heavy atom. The maximum atomic E-state index is 5.54. The van der Waals surface area contributed by atoms with Crippen molar-refractivity contribution in [3.63, 3.8) is 0 Å². The van der Waals surface area contributed by atoms with Crippen molar-refractivity contribution in [2.24, 2.45) is 0 Å². The van der Waals surface area contributed by atoms with Crippen molar-refractivity contribution in [3.8, 4) is 5.75 Å². The maximum absolute atomic E-state index is 5.54. The Bertz CT molecular complexity index is 573. The van der Waals surface area contributed by atoms with Crippen molar-refractivity contribution < 1.29 is 9.47 Å². The average Bonchev–Trinajstić information content (AvgIpc) is 2.85. The van der Waals surface area contributed by atoms with Crippen molar-refractivity contribution >= 4 is 11.0 Å². The fourth-order valence-corrected chi connectivity index (χ4v) is 2.58. The van der Waals surface area contributed by atoms with Crippen LogP contribution in [0.4, 0.5) is 0 Å². The molecule has 1 unspecified atom stereocenters. The predicted octanol–water partition coefficient (Wildman–Crippen LogP) is 1.73. The van der Waals surface area contributed by atoms with Gasteiger partial charge in [0, 0.05) is 19.2 Å². The molecule has 0 radical (unpaired) electrons. The lowest BCUT2D eigenvalue weighted by Gasteiger charge is -2.23. The largest absolute Gasteiger partial charge is 0.497 e. The van der Waals surface area contributed by atoms with Gasteiger partial charge in [-0.1, -0.05) is 0 Å². The van der Waals surface area contributed by atoms with Crippen molar-refractivity contribution in [1.82, 2.24) is 14.9 Å². The summed E-state index contributed by atoms with van der Waals surface area (Å²) in [6.45, 7) is 5.37. The third-order valence-electron chi connectivity index (χ3n) is 3.53. The van der Waals surface area contributed by atoms with Gasteiger partial charge in [0.25, 0.3) is 0 Å². The summed E-state index contributed by atoms with van der Waals surface area (Å²) in [6.07, 6.45) is 0. The highest BCUT2D eigenvalue weighted by molar-refractivity contribution is 5.78. The van der Waals surface area contributed by atoms with Crippen LogP contribution < -0.4 is 10.1 Å². The van der Waals surface area contributed by atoms with E-state index in [0.717, 1.165) is 42.3 Å². The third-order valence-corrected chi connectivity index (χ3v) is 3.53. The maximum Gasteiger partial charge on any atom is 0.129 e. The molecular formula is C14H19N3O2. The standard InChI is InChI=1S/C14H19N3O2/c1-3-17-13-5-4-10(18-2)8-11(13)16-14(17)12-9-19-7-6-15-12/h4-5,8,12,15H,3,6-7,9H2,1-2H3. The summed E-state index contributed by atoms with van der Waals surface area (Å²) in [4.78, 5) is 4.76. The van der Waals surface area contributed by atoms with Gasteiger partial charge in [-0.2, -0.15) is 0 Å². The van der Waals surface area contributed by atoms with Gasteiger partial charge in [0.05, 0.1) is 37.4 Å². The van der Waals surface area contributed by atoms with Crippen LogP contribution >= 0.6 is 0 Å². The van der Waals surface area contributed by atoms with Gasteiger partial charge in [0.15, 0.2) is 0 Å². The first-order chi connectivity index (χ1) is 9.33. The monoisotopic (exact) mass is 261 g/mol. The Hall–Kier alpha value is -1.59. The lowest BCUT2D eigenvalue weighted by Crippen LogP contribution is -2.36. The molecule has 1 fully saturated rings. The number of hydrogen-bond donors (Lipinski definition) is 1. The molecule has 1 atom stereocenters. The van der Waals surface area contributed by atoms with Crippen molar-refractivity contribution in [2.75, 3.05) is 26.9 Å². The van der Waals surface area contributed by atoms with Crippen molar-refractivity contribution in [1.29, 1.82) is 0 Å². The quantitative estimate of drug-likeness (QED) is 0.914. The lowest BCUT2D eigenvalue weighted by atomic mass is 10.2. The van der Waals surface area contributed by atoms with E-state index in [1.165, 1.54) is 0 Å². The van der Waals surface area contributed by atoms with Crippen LogP contribution in [-0.4, -0.2) is 36.4 Å². The van der Waals surface area contributed by atoms with Gasteiger partial charge in [0.1, 0.15) is 11.6 Å². The Balaban J connectivity index is 2.07. The van der Waals surface area contributed by atoms with Crippen LogP contribution in [0, 0.1) is 0 Å². The minimum Gasteiger partial charge on any atom is -0.497 e. The van der Waals surface area contributed by atoms with E-state index >= 15 is 0 Å². The Labute approximate surface area is 112 Å². The molecular weight excluding hydrogens is 242 g/mol. The number of morpholine rings is 1. The summed E-state index contributed by atoms with van der Waals surface area (Å²) in [6, 6.07) is 6.20. The summed E-state index contributed by atoms with van der Waals surface area (Å²) in [7, 11) is 1.68. The Morgan fingerprint density at radius 2 is 2.42 bits per heavy atom. The zero-order valence-electron chi connectivity index (χ0n) is 11.3. The molecule has 1 aliphatic heterocycles. The van der Waals surface area contributed by atoms with Gasteiger partial charge >= 0.3 is 0 Å². The van der Waals surface area contributed by atoms with Gasteiger partial charge < -0.3 is 19.4 Å². The second-order valence-corrected chi connectivity index (χ2v) is 4.65. The van der Waals surface area contributed by atoms with Crippen LogP contribution in [0.15, 0.2) is 18.2 Å². The molecule has 19 heavy (non-hydrogen) atoms. The summed E-state index contributed by atoms with van der Waals surface area (Å²) in [5.74, 6) is 1.89. The molecule has 0 amide bonds. The third kappa shape index (κ3) is 2.19. The zero-order chi connectivity index (χ0) is 13.2. The number of aryl methyl sites for hydroxylation is 1. The fourth-order valence-electron chi connectivity index (χ4n) is 2.58. The van der Waals surface area contributed by atoms with E-state index in [0.29, 0.717) is 6.61 Å². The van der Waals surface area contributed by atoms with E-state index in [-0.39, 0.29) is 6.04 Å². The van der Waals surface area contributed by atoms with Crippen LogP contribution in [0.5, 0.6) is 5.75 Å². The van der Waals surface area contributed by atoms with Gasteiger partial charge in [-0.25, -0.2) is 4.98 Å². The summed E-state index contributed by atoms with van der Waals surface area (Å²) in [5.41, 5.74) is 2.12. The second-order valence-electron chi connectivity index (χ2n) is 4.65. The second kappa shape index (κ2) is 5.19. The fraction of sp³-hybridized carbons (Fsp3) is 0.500. The van der Waals surface area contributed by atoms with E-state index in [4.69, 9.17) is 14.5 Å². The summed E-state index contributed by atoms with van der Waals surface area (Å²) < 4.78 is 13.0. The van der Waals surface area contributed by atoms with Gasteiger partial charge in [0.2, 0.25) is 0 Å². The SMILES string of the molecule is CCn1c(C2COCCN2)nc2cc(OC)ccc21. The zero-order valence-corrected chi connectivity index (χ0v) is 11.3. The lowest BCUT2D eigenvalue weighted by molar-refractivity contribution is 0.0733. The van der Waals surface area contributed by atoms with Gasteiger partial charge in [-0.15, -0.1) is 0 Å². The highest BCUT2D eigenvalue weighted by atomic mass is 16.5. The number of ether oxygens (including phenoxy) is 2. The molecule has 3 rings (SSSR count). The first-order valence-electron chi connectivity index (χ1n) is 6.68. The van der Waals surface area contributed by atoms with Crippen molar-refractivity contribution in [3.05, 3.63) is 24.0 Å². The highest BCUT2D eigenvalue weighted by Crippen LogP contribution is 2.25. The van der Waals surface area contributed by atoms with E-state index in [2.05, 4.69) is 22.9 Å². The smallest absolute Gasteiger partial charge is 0.129 e. The molecule has 2 heterocycles. The number of fused-ring (bicyclic) bond motifs is 1. The molecule has 5 heteroatoms. The Kier molecular flexibility index (Phi) is 3.40. The van der Waals surface area contributed by atoms with Crippen LogP contribution in [0.2, 0.25) is 0 Å². The topological polar surface area (TPSA) is 48.3 Å². The normalized spacial score (nSPS) is 19.8. The van der Waals surface area contributed by atoms with Crippen LogP contribution in [-0.2, 0) is 11.3 Å². The minimum absolute atomic E-state index is 0.173. The molecule has 0 bridgehead atoms. The van der Waals surface area contributed by atoms with Crippen LogP contribution in [0.3, 0.4) is 0 Å². The van der Waals surface area contributed by atoms with Gasteiger partial charge in [-0.05, 0) is 19.1 Å². The molecule has 0 spiro atoms. The van der Waals surface area contributed by atoms with Crippen LogP contribution in [0.25, 0.3) is 11.0 Å². The number of benzene rings is 1. The molecule has 1 N–H and O–H groups in total. The molecule has 1 aromatic carbocycles. The minimum atomic E-state index is 0.173. The van der Waals surface area contributed by atoms with Crippen LogP contribution in [0.1, 0.15) is 18.8 Å². The van der Waals surface area contributed by atoms with E-state index in [9.17, 15) is 0 Å². The number of methoxy groups -OCH3 is 1. The van der Waals surface area contributed by atoms with Crippen molar-refractivity contribution in [2.45, 2.75) is 19.5 Å². The predicted molar refractivity (Wildman–Crippen MR) is 73.5 cm³/mol. The average molecular weight is 261 g/mol. The van der Waals surface area contributed by atoms with E-state index in [1.807, 2.05) is 12.1 Å². The van der Waals surface area contributed by atoms with Gasteiger partial charge in [-0.3, -0.25) is 0 Å². The molecule has 1 aromatic heterocycles. The molecule has 1 saturated heterocycles. The van der Waals surface area contributed by atoms with E-state index in [1.54, 1.807) is 7.11 Å². The number of rotatable bonds is 3. The molecule has 0 saturated carbocycles. The Morgan fingerprint density at radius 1 is 1.53 bits per heavy atom. The summed E-state index contributed by atoms with van der Waals surface area (Å²) >= 11 is 0.